The minimum absolute atomic E-state index is 0.124. The standard InChI is InChI=1S/C18H19NO2S/c1-22-11-10-19-18(20)21-12-17-15-8-4-2-6-13(15)14-7-3-5-9-16(14)17/h2-9,17H,10-12H2,1H3,(H,19,20). The number of ether oxygens (including phenoxy) is 1. The van der Waals surface area contributed by atoms with E-state index in [-0.39, 0.29) is 12.0 Å². The molecular weight excluding hydrogens is 294 g/mol. The van der Waals surface area contributed by atoms with E-state index in [1.807, 2.05) is 30.5 Å². The number of nitrogens with one attached hydrogen (secondary N) is 1. The predicted octanol–water partition coefficient (Wildman–Crippen LogP) is 3.89. The van der Waals surface area contributed by atoms with E-state index in [2.05, 4.69) is 29.6 Å². The summed E-state index contributed by atoms with van der Waals surface area (Å²) in [6.07, 6.45) is 1.68. The molecule has 0 bridgehead atoms. The number of hydrogen-bond donors (Lipinski definition) is 1. The van der Waals surface area contributed by atoms with Crippen LogP contribution in [-0.4, -0.2) is 31.3 Å². The third-order valence-corrected chi connectivity index (χ3v) is 4.53. The van der Waals surface area contributed by atoms with Crippen molar-refractivity contribution < 1.29 is 9.53 Å². The fraction of sp³-hybridized carbons (Fsp3) is 0.278. The van der Waals surface area contributed by atoms with Crippen LogP contribution in [-0.2, 0) is 4.74 Å². The second-order valence-corrected chi connectivity index (χ2v) is 6.23. The van der Waals surface area contributed by atoms with Gasteiger partial charge < -0.3 is 10.1 Å². The predicted molar refractivity (Wildman–Crippen MR) is 91.5 cm³/mol. The molecule has 4 heteroatoms. The second kappa shape index (κ2) is 6.88. The smallest absolute Gasteiger partial charge is 0.407 e. The zero-order chi connectivity index (χ0) is 15.4. The van der Waals surface area contributed by atoms with Gasteiger partial charge in [-0.2, -0.15) is 11.8 Å². The fourth-order valence-corrected chi connectivity index (χ4v) is 3.21. The van der Waals surface area contributed by atoms with Gasteiger partial charge in [0, 0.05) is 18.2 Å². The van der Waals surface area contributed by atoms with Crippen LogP contribution in [0.15, 0.2) is 48.5 Å². The van der Waals surface area contributed by atoms with E-state index in [1.54, 1.807) is 11.8 Å². The molecule has 1 N–H and O–H groups in total. The molecule has 3 nitrogen and oxygen atoms in total. The Balaban J connectivity index is 1.73. The average Bonchev–Trinajstić information content (AvgIpc) is 2.87. The van der Waals surface area contributed by atoms with Crippen LogP contribution in [0.5, 0.6) is 0 Å². The Morgan fingerprint density at radius 2 is 1.68 bits per heavy atom. The number of amides is 1. The number of thioether (sulfide) groups is 1. The van der Waals surface area contributed by atoms with Crippen molar-refractivity contribution in [1.29, 1.82) is 0 Å². The molecule has 3 rings (SSSR count). The summed E-state index contributed by atoms with van der Waals surface area (Å²) in [5, 5.41) is 2.77. The van der Waals surface area contributed by atoms with Crippen molar-refractivity contribution >= 4 is 17.9 Å². The van der Waals surface area contributed by atoms with E-state index in [1.165, 1.54) is 22.3 Å². The van der Waals surface area contributed by atoms with Gasteiger partial charge in [-0.3, -0.25) is 0 Å². The van der Waals surface area contributed by atoms with E-state index in [0.717, 1.165) is 5.75 Å². The quantitative estimate of drug-likeness (QED) is 0.851. The van der Waals surface area contributed by atoms with Crippen molar-refractivity contribution in [1.82, 2.24) is 5.32 Å². The number of fused-ring (bicyclic) bond motifs is 3. The first-order valence-corrected chi connectivity index (χ1v) is 8.78. The van der Waals surface area contributed by atoms with E-state index in [0.29, 0.717) is 13.2 Å². The number of carbonyl (C=O) groups is 1. The number of hydrogen-bond acceptors (Lipinski definition) is 3. The zero-order valence-corrected chi connectivity index (χ0v) is 13.4. The maximum absolute atomic E-state index is 11.8. The van der Waals surface area contributed by atoms with Gasteiger partial charge in [-0.25, -0.2) is 4.79 Å². The minimum Gasteiger partial charge on any atom is -0.449 e. The minimum atomic E-state index is -0.337. The van der Waals surface area contributed by atoms with Crippen LogP contribution in [0.1, 0.15) is 17.0 Å². The maximum atomic E-state index is 11.8. The molecule has 22 heavy (non-hydrogen) atoms. The Kier molecular flexibility index (Phi) is 4.68. The Morgan fingerprint density at radius 1 is 1.09 bits per heavy atom. The average molecular weight is 313 g/mol. The van der Waals surface area contributed by atoms with Crippen molar-refractivity contribution in [2.45, 2.75) is 5.92 Å². The summed E-state index contributed by atoms with van der Waals surface area (Å²) in [6, 6.07) is 16.7. The van der Waals surface area contributed by atoms with E-state index < -0.39 is 0 Å². The first-order valence-electron chi connectivity index (χ1n) is 7.39. The van der Waals surface area contributed by atoms with Gasteiger partial charge in [-0.1, -0.05) is 48.5 Å². The summed E-state index contributed by atoms with van der Waals surface area (Å²) in [5.74, 6) is 1.02. The molecule has 0 aromatic heterocycles. The number of carbonyl (C=O) groups excluding carboxylic acids is 1. The summed E-state index contributed by atoms with van der Waals surface area (Å²) in [7, 11) is 0. The lowest BCUT2D eigenvalue weighted by atomic mass is 9.98. The molecule has 0 aliphatic heterocycles. The van der Waals surface area contributed by atoms with E-state index >= 15 is 0 Å². The van der Waals surface area contributed by atoms with E-state index in [9.17, 15) is 4.79 Å². The highest BCUT2D eigenvalue weighted by atomic mass is 32.2. The topological polar surface area (TPSA) is 38.3 Å². The van der Waals surface area contributed by atoms with Gasteiger partial charge in [0.05, 0.1) is 0 Å². The van der Waals surface area contributed by atoms with Crippen LogP contribution in [0.25, 0.3) is 11.1 Å². The molecule has 2 aromatic carbocycles. The number of benzene rings is 2. The van der Waals surface area contributed by atoms with Crippen molar-refractivity contribution in [3.05, 3.63) is 59.7 Å². The van der Waals surface area contributed by atoms with Crippen LogP contribution in [0, 0.1) is 0 Å². The number of rotatable bonds is 5. The van der Waals surface area contributed by atoms with Crippen molar-refractivity contribution in [3.63, 3.8) is 0 Å². The fourth-order valence-electron chi connectivity index (χ4n) is 2.90. The Morgan fingerprint density at radius 3 is 2.27 bits per heavy atom. The monoisotopic (exact) mass is 313 g/mol. The van der Waals surface area contributed by atoms with E-state index in [4.69, 9.17) is 4.74 Å². The summed E-state index contributed by atoms with van der Waals surface area (Å²) in [5.41, 5.74) is 4.96. The molecule has 1 amide bonds. The molecule has 0 spiro atoms. The summed E-state index contributed by atoms with van der Waals surface area (Å²) >= 11 is 1.70. The normalized spacial score (nSPS) is 12.6. The third-order valence-electron chi connectivity index (χ3n) is 3.92. The van der Waals surface area contributed by atoms with Crippen molar-refractivity contribution in [3.8, 4) is 11.1 Å². The third kappa shape index (κ3) is 2.97. The highest BCUT2D eigenvalue weighted by Gasteiger charge is 2.28. The lowest BCUT2D eigenvalue weighted by Crippen LogP contribution is -2.28. The van der Waals surface area contributed by atoms with Crippen LogP contribution in [0.2, 0.25) is 0 Å². The molecule has 0 fully saturated rings. The molecule has 1 aliphatic rings. The van der Waals surface area contributed by atoms with Gasteiger partial charge in [0.1, 0.15) is 6.61 Å². The first kappa shape index (κ1) is 15.0. The highest BCUT2D eigenvalue weighted by Crippen LogP contribution is 2.44. The number of alkyl carbamates (subject to hydrolysis) is 1. The lowest BCUT2D eigenvalue weighted by Gasteiger charge is -2.14. The molecule has 0 saturated carbocycles. The largest absolute Gasteiger partial charge is 0.449 e. The molecule has 0 atom stereocenters. The Hall–Kier alpha value is -1.94. The molecule has 0 radical (unpaired) electrons. The van der Waals surface area contributed by atoms with Crippen molar-refractivity contribution in [2.24, 2.45) is 0 Å². The van der Waals surface area contributed by atoms with Gasteiger partial charge in [0.15, 0.2) is 0 Å². The SMILES string of the molecule is CSCCNC(=O)OCC1c2ccccc2-c2ccccc21. The zero-order valence-electron chi connectivity index (χ0n) is 12.5. The molecule has 0 saturated heterocycles. The van der Waals surface area contributed by atoms with Crippen LogP contribution in [0.4, 0.5) is 4.79 Å². The van der Waals surface area contributed by atoms with Gasteiger partial charge in [-0.05, 0) is 28.5 Å². The lowest BCUT2D eigenvalue weighted by molar-refractivity contribution is 0.143. The molecule has 114 valence electrons. The molecule has 0 unspecified atom stereocenters. The van der Waals surface area contributed by atoms with Gasteiger partial charge in [-0.15, -0.1) is 0 Å². The molecular formula is C18H19NO2S. The van der Waals surface area contributed by atoms with Crippen LogP contribution < -0.4 is 5.32 Å². The first-order chi connectivity index (χ1) is 10.8. The highest BCUT2D eigenvalue weighted by molar-refractivity contribution is 7.98. The van der Waals surface area contributed by atoms with Crippen LogP contribution >= 0.6 is 11.8 Å². The maximum Gasteiger partial charge on any atom is 0.407 e. The Bertz CT molecular complexity index is 626. The molecule has 0 heterocycles. The van der Waals surface area contributed by atoms with Crippen LogP contribution in [0.3, 0.4) is 0 Å². The Labute approximate surface area is 135 Å². The van der Waals surface area contributed by atoms with Crippen molar-refractivity contribution in [2.75, 3.05) is 25.2 Å². The summed E-state index contributed by atoms with van der Waals surface area (Å²) in [6.45, 7) is 1.01. The second-order valence-electron chi connectivity index (χ2n) is 5.25. The van der Waals surface area contributed by atoms with Gasteiger partial charge >= 0.3 is 6.09 Å². The summed E-state index contributed by atoms with van der Waals surface area (Å²) in [4.78, 5) is 11.8. The summed E-state index contributed by atoms with van der Waals surface area (Å²) < 4.78 is 5.43. The molecule has 1 aliphatic carbocycles. The molecule has 2 aromatic rings. The van der Waals surface area contributed by atoms with Gasteiger partial charge in [0.2, 0.25) is 0 Å². The van der Waals surface area contributed by atoms with Gasteiger partial charge in [0.25, 0.3) is 0 Å².